The van der Waals surface area contributed by atoms with E-state index in [1.807, 2.05) is 6.07 Å². The summed E-state index contributed by atoms with van der Waals surface area (Å²) in [6, 6.07) is 10.1. The zero-order valence-electron chi connectivity index (χ0n) is 8.09. The zero-order valence-corrected chi connectivity index (χ0v) is 9.66. The van der Waals surface area contributed by atoms with E-state index in [0.29, 0.717) is 5.15 Å². The van der Waals surface area contributed by atoms with E-state index in [9.17, 15) is 8.76 Å². The van der Waals surface area contributed by atoms with Gasteiger partial charge in [-0.25, -0.2) is 4.98 Å². The lowest BCUT2D eigenvalue weighted by Crippen LogP contribution is -1.88. The zero-order chi connectivity index (χ0) is 11.5. The van der Waals surface area contributed by atoms with Crippen LogP contribution in [0, 0.1) is 0 Å². The van der Waals surface area contributed by atoms with Gasteiger partial charge in [0.25, 0.3) is 0 Å². The van der Waals surface area contributed by atoms with E-state index in [4.69, 9.17) is 11.6 Å². The molecule has 0 radical (unpaired) electrons. The van der Waals surface area contributed by atoms with Crippen LogP contribution >= 0.6 is 11.6 Å². The summed E-state index contributed by atoms with van der Waals surface area (Å²) >= 11 is 3.73. The monoisotopic (exact) mass is 252 g/mol. The average molecular weight is 253 g/mol. The molecule has 0 aliphatic rings. The van der Waals surface area contributed by atoms with Gasteiger partial charge in [-0.05, 0) is 40.9 Å². The van der Waals surface area contributed by atoms with Gasteiger partial charge >= 0.3 is 0 Å². The molecule has 82 valence electrons. The highest BCUT2D eigenvalue weighted by molar-refractivity contribution is 7.79. The smallest absolute Gasteiger partial charge is 0.136 e. The Morgan fingerprint density at radius 1 is 1.19 bits per heavy atom. The molecular weight excluding hydrogens is 246 g/mol. The van der Waals surface area contributed by atoms with Crippen LogP contribution in [0.1, 0.15) is 0 Å². The van der Waals surface area contributed by atoms with Gasteiger partial charge in [0, 0.05) is 16.7 Å². The molecule has 1 unspecified atom stereocenters. The largest absolute Gasteiger partial charge is 0.768 e. The van der Waals surface area contributed by atoms with Gasteiger partial charge in [0.15, 0.2) is 0 Å². The van der Waals surface area contributed by atoms with E-state index >= 15 is 0 Å². The third-order valence-corrected chi connectivity index (χ3v) is 3.08. The normalized spacial score (nSPS) is 12.4. The molecule has 0 aliphatic carbocycles. The van der Waals surface area contributed by atoms with Crippen LogP contribution < -0.4 is 0 Å². The van der Waals surface area contributed by atoms with Crippen molar-refractivity contribution in [1.82, 2.24) is 4.98 Å². The molecule has 1 aromatic heterocycles. The van der Waals surface area contributed by atoms with Gasteiger partial charge in [-0.1, -0.05) is 23.7 Å². The third-order valence-electron chi connectivity index (χ3n) is 2.12. The van der Waals surface area contributed by atoms with Crippen LogP contribution in [0.2, 0.25) is 5.15 Å². The fourth-order valence-electron chi connectivity index (χ4n) is 1.35. The van der Waals surface area contributed by atoms with Crippen LogP contribution in [-0.4, -0.2) is 13.7 Å². The third kappa shape index (κ3) is 2.29. The number of benzene rings is 1. The Labute approximate surface area is 100 Å². The summed E-state index contributed by atoms with van der Waals surface area (Å²) in [5, 5.41) is 0.401. The van der Waals surface area contributed by atoms with Crippen molar-refractivity contribution in [3.8, 4) is 11.1 Å². The fraction of sp³-hybridized carbons (Fsp3) is 0. The summed E-state index contributed by atoms with van der Waals surface area (Å²) in [6.45, 7) is 0. The van der Waals surface area contributed by atoms with Crippen molar-refractivity contribution in [2.24, 2.45) is 0 Å². The maximum absolute atomic E-state index is 10.7. The highest BCUT2D eigenvalue weighted by atomic mass is 35.5. The Morgan fingerprint density at radius 2 is 1.88 bits per heavy atom. The van der Waals surface area contributed by atoms with Crippen LogP contribution in [0.5, 0.6) is 0 Å². The van der Waals surface area contributed by atoms with Crippen LogP contribution in [0.15, 0.2) is 47.5 Å². The van der Waals surface area contributed by atoms with Crippen molar-refractivity contribution in [1.29, 1.82) is 0 Å². The predicted molar refractivity (Wildman–Crippen MR) is 61.9 cm³/mol. The van der Waals surface area contributed by atoms with E-state index in [-0.39, 0.29) is 4.90 Å². The van der Waals surface area contributed by atoms with Gasteiger partial charge in [0.1, 0.15) is 5.15 Å². The van der Waals surface area contributed by atoms with E-state index in [0.717, 1.165) is 11.1 Å². The van der Waals surface area contributed by atoms with Crippen molar-refractivity contribution in [3.63, 3.8) is 0 Å². The second-order valence-corrected chi connectivity index (χ2v) is 4.40. The second-order valence-electron chi connectivity index (χ2n) is 3.10. The maximum Gasteiger partial charge on any atom is 0.136 e. The topological polar surface area (TPSA) is 53.0 Å². The van der Waals surface area contributed by atoms with Gasteiger partial charge < -0.3 is 4.55 Å². The minimum absolute atomic E-state index is 0.253. The summed E-state index contributed by atoms with van der Waals surface area (Å²) < 4.78 is 21.4. The van der Waals surface area contributed by atoms with Gasteiger partial charge in [0.05, 0.1) is 0 Å². The molecule has 5 heteroatoms. The lowest BCUT2D eigenvalue weighted by molar-refractivity contribution is 0.537. The number of aromatic nitrogens is 1. The molecule has 0 fully saturated rings. The summed E-state index contributed by atoms with van der Waals surface area (Å²) in [7, 11) is 0. The van der Waals surface area contributed by atoms with Crippen LogP contribution in [0.4, 0.5) is 0 Å². The van der Waals surface area contributed by atoms with Crippen molar-refractivity contribution in [3.05, 3.63) is 47.7 Å². The Hall–Kier alpha value is -1.23. The summed E-state index contributed by atoms with van der Waals surface area (Å²) in [5.74, 6) is 0. The number of pyridine rings is 1. The molecule has 0 saturated heterocycles. The standard InChI is InChI=1S/C11H8ClNO2S/c12-11-10(2-1-7-13-11)8-3-5-9(6-4-8)16(14)15/h1-7H,(H,14,15)/p-1. The molecule has 0 saturated carbocycles. The Kier molecular flexibility index (Phi) is 3.33. The summed E-state index contributed by atoms with van der Waals surface area (Å²) in [5.41, 5.74) is 1.62. The maximum atomic E-state index is 10.7. The molecule has 2 aromatic rings. The van der Waals surface area contributed by atoms with Gasteiger partial charge in [0.2, 0.25) is 0 Å². The first-order valence-corrected chi connectivity index (χ1v) is 5.94. The number of rotatable bonds is 2. The fourth-order valence-corrected chi connectivity index (χ4v) is 1.93. The quantitative estimate of drug-likeness (QED) is 0.610. The van der Waals surface area contributed by atoms with Crippen molar-refractivity contribution < 1.29 is 8.76 Å². The van der Waals surface area contributed by atoms with Gasteiger partial charge in [-0.2, -0.15) is 0 Å². The van der Waals surface area contributed by atoms with Crippen molar-refractivity contribution in [2.45, 2.75) is 4.90 Å². The predicted octanol–water partition coefficient (Wildman–Crippen LogP) is 2.64. The Morgan fingerprint density at radius 3 is 2.44 bits per heavy atom. The summed E-state index contributed by atoms with van der Waals surface area (Å²) in [6.07, 6.45) is 1.60. The van der Waals surface area contributed by atoms with E-state index < -0.39 is 11.1 Å². The minimum Gasteiger partial charge on any atom is -0.768 e. The van der Waals surface area contributed by atoms with Crippen LogP contribution in [-0.2, 0) is 11.1 Å². The van der Waals surface area contributed by atoms with Gasteiger partial charge in [-0.15, -0.1) is 0 Å². The summed E-state index contributed by atoms with van der Waals surface area (Å²) in [4.78, 5) is 4.21. The molecule has 0 aliphatic heterocycles. The molecule has 1 atom stereocenters. The molecule has 3 nitrogen and oxygen atoms in total. The number of nitrogens with zero attached hydrogens (tertiary/aromatic N) is 1. The molecule has 0 bridgehead atoms. The van der Waals surface area contributed by atoms with Crippen molar-refractivity contribution in [2.75, 3.05) is 0 Å². The average Bonchev–Trinajstić information content (AvgIpc) is 2.30. The Balaban J connectivity index is 2.43. The highest BCUT2D eigenvalue weighted by Gasteiger charge is 2.03. The molecule has 16 heavy (non-hydrogen) atoms. The van der Waals surface area contributed by atoms with E-state index in [1.54, 1.807) is 24.4 Å². The van der Waals surface area contributed by atoms with E-state index in [2.05, 4.69) is 4.98 Å². The molecule has 0 amide bonds. The van der Waals surface area contributed by atoms with E-state index in [1.165, 1.54) is 12.1 Å². The van der Waals surface area contributed by atoms with Crippen LogP contribution in [0.3, 0.4) is 0 Å². The van der Waals surface area contributed by atoms with Crippen molar-refractivity contribution >= 4 is 22.7 Å². The number of hydrogen-bond donors (Lipinski definition) is 0. The minimum atomic E-state index is -2.20. The molecule has 0 spiro atoms. The molecule has 0 N–H and O–H groups in total. The Bertz CT molecular complexity index is 528. The first-order chi connectivity index (χ1) is 7.68. The lowest BCUT2D eigenvalue weighted by atomic mass is 10.1. The lowest BCUT2D eigenvalue weighted by Gasteiger charge is -2.07. The molecular formula is C11H7ClNO2S-. The first-order valence-electron chi connectivity index (χ1n) is 4.48. The van der Waals surface area contributed by atoms with Gasteiger partial charge in [-0.3, -0.25) is 4.21 Å². The molecule has 1 heterocycles. The SMILES string of the molecule is O=S([O-])c1ccc(-c2cccnc2Cl)cc1. The first kappa shape index (κ1) is 11.3. The number of hydrogen-bond acceptors (Lipinski definition) is 3. The molecule has 2 rings (SSSR count). The second kappa shape index (κ2) is 4.74. The highest BCUT2D eigenvalue weighted by Crippen LogP contribution is 2.26. The molecule has 1 aromatic carbocycles. The van der Waals surface area contributed by atoms with Crippen LogP contribution in [0.25, 0.3) is 11.1 Å². The number of halogens is 1.